The van der Waals surface area contributed by atoms with Gasteiger partial charge in [-0.25, -0.2) is 9.67 Å². The predicted molar refractivity (Wildman–Crippen MR) is 119 cm³/mol. The van der Waals surface area contributed by atoms with E-state index in [9.17, 15) is 4.79 Å². The number of nitriles is 1. The number of rotatable bonds is 5. The molecule has 0 aliphatic rings. The molecule has 1 unspecified atom stereocenters. The van der Waals surface area contributed by atoms with Crippen molar-refractivity contribution >= 4 is 16.8 Å². The average Bonchev–Trinajstić information content (AvgIpc) is 3.28. The van der Waals surface area contributed by atoms with Gasteiger partial charge in [0.1, 0.15) is 6.07 Å². The van der Waals surface area contributed by atoms with Gasteiger partial charge in [0.05, 0.1) is 11.6 Å². The summed E-state index contributed by atoms with van der Waals surface area (Å²) in [5.41, 5.74) is 10.2. The van der Waals surface area contributed by atoms with Crippen molar-refractivity contribution in [2.75, 3.05) is 0 Å². The molecule has 2 heterocycles. The Bertz CT molecular complexity index is 1320. The van der Waals surface area contributed by atoms with Crippen LogP contribution in [0.25, 0.3) is 16.7 Å². The second kappa shape index (κ2) is 8.38. The molecule has 0 saturated heterocycles. The third-order valence-corrected chi connectivity index (χ3v) is 5.27. The molecule has 0 aliphatic carbocycles. The van der Waals surface area contributed by atoms with Crippen LogP contribution < -0.4 is 11.1 Å². The zero-order chi connectivity index (χ0) is 22.0. The third kappa shape index (κ3) is 4.02. The van der Waals surface area contributed by atoms with Crippen LogP contribution in [0.1, 0.15) is 45.7 Å². The summed E-state index contributed by atoms with van der Waals surface area (Å²) in [6.07, 6.45) is 1.70. The number of nitrogens with zero attached hydrogens (tertiary/aromatic N) is 4. The SMILES string of the molecule is Cc1ccc(CN)cc1C(=O)NC(C)c1cc(-n2ccc(C#N)n2)nc2ccccc12. The lowest BCUT2D eigenvalue weighted by Crippen LogP contribution is -2.28. The number of amides is 1. The van der Waals surface area contributed by atoms with E-state index in [2.05, 4.69) is 15.4 Å². The maximum atomic E-state index is 13.0. The molecule has 1 atom stereocenters. The molecular formula is C24H22N6O. The zero-order valence-corrected chi connectivity index (χ0v) is 17.3. The number of nitrogens with two attached hydrogens (primary N) is 1. The first-order valence-corrected chi connectivity index (χ1v) is 9.96. The van der Waals surface area contributed by atoms with E-state index in [0.717, 1.165) is 27.6 Å². The van der Waals surface area contributed by atoms with Crippen LogP contribution in [0.2, 0.25) is 0 Å². The highest BCUT2D eigenvalue weighted by atomic mass is 16.1. The van der Waals surface area contributed by atoms with E-state index >= 15 is 0 Å². The molecule has 31 heavy (non-hydrogen) atoms. The van der Waals surface area contributed by atoms with Crippen LogP contribution in [0.3, 0.4) is 0 Å². The Labute approximate surface area is 180 Å². The Morgan fingerprint density at radius 1 is 1.23 bits per heavy atom. The fourth-order valence-electron chi connectivity index (χ4n) is 3.57. The van der Waals surface area contributed by atoms with Gasteiger partial charge in [-0.3, -0.25) is 4.79 Å². The van der Waals surface area contributed by atoms with Gasteiger partial charge in [0.25, 0.3) is 5.91 Å². The fraction of sp³-hybridized carbons (Fsp3) is 0.167. The number of carbonyl (C=O) groups excluding carboxylic acids is 1. The lowest BCUT2D eigenvalue weighted by Gasteiger charge is -2.19. The first-order chi connectivity index (χ1) is 15.0. The topological polar surface area (TPSA) is 110 Å². The molecule has 3 N–H and O–H groups in total. The Kier molecular flexibility index (Phi) is 5.48. The lowest BCUT2D eigenvalue weighted by atomic mass is 10.0. The summed E-state index contributed by atoms with van der Waals surface area (Å²) in [6.45, 7) is 4.22. The van der Waals surface area contributed by atoms with Crippen LogP contribution >= 0.6 is 0 Å². The summed E-state index contributed by atoms with van der Waals surface area (Å²) >= 11 is 0. The van der Waals surface area contributed by atoms with Crippen molar-refractivity contribution in [3.8, 4) is 11.9 Å². The van der Waals surface area contributed by atoms with Crippen molar-refractivity contribution in [2.45, 2.75) is 26.4 Å². The number of nitrogens with one attached hydrogen (secondary N) is 1. The molecule has 0 spiro atoms. The van der Waals surface area contributed by atoms with Gasteiger partial charge in [-0.2, -0.15) is 10.4 Å². The number of para-hydroxylation sites is 1. The van der Waals surface area contributed by atoms with Gasteiger partial charge in [-0.05, 0) is 54.8 Å². The maximum Gasteiger partial charge on any atom is 0.252 e. The summed E-state index contributed by atoms with van der Waals surface area (Å²) in [5, 5.41) is 17.4. The van der Waals surface area contributed by atoms with E-state index in [4.69, 9.17) is 11.0 Å². The van der Waals surface area contributed by atoms with Gasteiger partial charge >= 0.3 is 0 Å². The summed E-state index contributed by atoms with van der Waals surface area (Å²) in [5.74, 6) is 0.422. The average molecular weight is 410 g/mol. The number of aromatic nitrogens is 3. The van der Waals surface area contributed by atoms with Crippen LogP contribution in [0.5, 0.6) is 0 Å². The van der Waals surface area contributed by atoms with Crippen molar-refractivity contribution in [1.29, 1.82) is 5.26 Å². The van der Waals surface area contributed by atoms with Crippen LogP contribution in [0, 0.1) is 18.3 Å². The van der Waals surface area contributed by atoms with Crippen molar-refractivity contribution in [2.24, 2.45) is 5.73 Å². The van der Waals surface area contributed by atoms with Crippen LogP contribution in [0.4, 0.5) is 0 Å². The molecule has 7 nitrogen and oxygen atoms in total. The molecule has 2 aromatic carbocycles. The minimum absolute atomic E-state index is 0.159. The van der Waals surface area contributed by atoms with Gasteiger partial charge in [0.15, 0.2) is 11.5 Å². The maximum absolute atomic E-state index is 13.0. The van der Waals surface area contributed by atoms with E-state index in [-0.39, 0.29) is 11.9 Å². The number of pyridine rings is 1. The largest absolute Gasteiger partial charge is 0.345 e. The zero-order valence-electron chi connectivity index (χ0n) is 17.3. The second-order valence-corrected chi connectivity index (χ2v) is 7.39. The first-order valence-electron chi connectivity index (χ1n) is 9.96. The summed E-state index contributed by atoms with van der Waals surface area (Å²) in [7, 11) is 0. The van der Waals surface area contributed by atoms with Crippen LogP contribution in [-0.2, 0) is 6.54 Å². The fourth-order valence-corrected chi connectivity index (χ4v) is 3.57. The first kappa shape index (κ1) is 20.3. The van der Waals surface area contributed by atoms with Gasteiger partial charge in [-0.1, -0.05) is 30.3 Å². The third-order valence-electron chi connectivity index (χ3n) is 5.27. The Morgan fingerprint density at radius 3 is 2.77 bits per heavy atom. The van der Waals surface area contributed by atoms with E-state index in [1.807, 2.05) is 68.4 Å². The van der Waals surface area contributed by atoms with Crippen molar-refractivity contribution < 1.29 is 4.79 Å². The quantitative estimate of drug-likeness (QED) is 0.523. The van der Waals surface area contributed by atoms with Gasteiger partial charge in [0, 0.05) is 23.7 Å². The highest BCUT2D eigenvalue weighted by Crippen LogP contribution is 2.26. The number of hydrogen-bond acceptors (Lipinski definition) is 5. The molecule has 0 aliphatic heterocycles. The number of fused-ring (bicyclic) bond motifs is 1. The molecule has 154 valence electrons. The van der Waals surface area contributed by atoms with Crippen LogP contribution in [-0.4, -0.2) is 20.7 Å². The molecule has 0 bridgehead atoms. The highest BCUT2D eigenvalue weighted by Gasteiger charge is 2.18. The number of aryl methyl sites for hydroxylation is 1. The van der Waals surface area contributed by atoms with E-state index in [0.29, 0.717) is 23.6 Å². The van der Waals surface area contributed by atoms with Gasteiger partial charge in [-0.15, -0.1) is 0 Å². The van der Waals surface area contributed by atoms with Crippen molar-refractivity contribution in [3.05, 3.63) is 88.7 Å². The van der Waals surface area contributed by atoms with E-state index < -0.39 is 0 Å². The minimum atomic E-state index is -0.286. The van der Waals surface area contributed by atoms with Gasteiger partial charge in [0.2, 0.25) is 0 Å². The van der Waals surface area contributed by atoms with E-state index in [1.54, 1.807) is 16.9 Å². The number of hydrogen-bond donors (Lipinski definition) is 2. The Hall–Kier alpha value is -4.02. The Balaban J connectivity index is 1.72. The molecule has 4 rings (SSSR count). The molecule has 7 heteroatoms. The standard InChI is InChI=1S/C24H22N6O/c1-15-7-8-17(13-25)11-20(15)24(31)27-16(2)21-12-23(30-10-9-18(14-26)29-30)28-22-6-4-3-5-19(21)22/h3-12,16H,13,25H2,1-2H3,(H,27,31). The molecule has 0 radical (unpaired) electrons. The van der Waals surface area contributed by atoms with Crippen LogP contribution in [0.15, 0.2) is 60.8 Å². The lowest BCUT2D eigenvalue weighted by molar-refractivity contribution is 0.0939. The number of carbonyl (C=O) groups is 1. The van der Waals surface area contributed by atoms with Crippen molar-refractivity contribution in [3.63, 3.8) is 0 Å². The normalized spacial score (nSPS) is 11.8. The minimum Gasteiger partial charge on any atom is -0.345 e. The van der Waals surface area contributed by atoms with Crippen molar-refractivity contribution in [1.82, 2.24) is 20.1 Å². The predicted octanol–water partition coefficient (Wildman–Crippen LogP) is 3.55. The Morgan fingerprint density at radius 2 is 2.03 bits per heavy atom. The summed E-state index contributed by atoms with van der Waals surface area (Å²) in [6, 6.07) is 18.7. The molecule has 4 aromatic rings. The summed E-state index contributed by atoms with van der Waals surface area (Å²) < 4.78 is 1.57. The number of benzene rings is 2. The highest BCUT2D eigenvalue weighted by molar-refractivity contribution is 5.96. The van der Waals surface area contributed by atoms with Gasteiger partial charge < -0.3 is 11.1 Å². The smallest absolute Gasteiger partial charge is 0.252 e. The monoisotopic (exact) mass is 410 g/mol. The molecule has 1 amide bonds. The molecular weight excluding hydrogens is 388 g/mol. The molecule has 0 fully saturated rings. The van der Waals surface area contributed by atoms with E-state index in [1.165, 1.54) is 0 Å². The molecule has 2 aromatic heterocycles. The molecule has 0 saturated carbocycles. The second-order valence-electron chi connectivity index (χ2n) is 7.39. The summed E-state index contributed by atoms with van der Waals surface area (Å²) in [4.78, 5) is 17.7.